The highest BCUT2D eigenvalue weighted by molar-refractivity contribution is 5.72. The molecule has 6 heteroatoms. The fourth-order valence-corrected chi connectivity index (χ4v) is 1.47. The monoisotopic (exact) mass is 226 g/mol. The summed E-state index contributed by atoms with van der Waals surface area (Å²) in [7, 11) is 0. The Balaban J connectivity index is 2.82. The van der Waals surface area contributed by atoms with Gasteiger partial charge < -0.3 is 10.2 Å². The lowest BCUT2D eigenvalue weighted by Crippen LogP contribution is -2.12. The van der Waals surface area contributed by atoms with Gasteiger partial charge in [-0.25, -0.2) is 0 Å². The zero-order valence-electron chi connectivity index (χ0n) is 8.96. The van der Waals surface area contributed by atoms with E-state index in [0.29, 0.717) is 12.2 Å². The molecule has 2 N–H and O–H groups in total. The molecule has 0 aromatic carbocycles. The number of hydrogen-bond acceptors (Lipinski definition) is 3. The first-order valence-electron chi connectivity index (χ1n) is 4.99. The van der Waals surface area contributed by atoms with Gasteiger partial charge in [-0.1, -0.05) is 0 Å². The van der Waals surface area contributed by atoms with Gasteiger partial charge in [0.2, 0.25) is 0 Å². The van der Waals surface area contributed by atoms with Crippen LogP contribution in [-0.4, -0.2) is 31.9 Å². The molecule has 1 heterocycles. The number of carboxylic acids is 2. The maximum atomic E-state index is 10.6. The van der Waals surface area contributed by atoms with Crippen LogP contribution in [0.5, 0.6) is 0 Å². The zero-order valence-corrected chi connectivity index (χ0v) is 8.96. The van der Waals surface area contributed by atoms with E-state index in [-0.39, 0.29) is 12.8 Å². The molecule has 0 aliphatic carbocycles. The smallest absolute Gasteiger partial charge is 0.304 e. The minimum absolute atomic E-state index is 0.215. The summed E-state index contributed by atoms with van der Waals surface area (Å²) in [5.74, 6) is -2.60. The first kappa shape index (κ1) is 12.2. The number of nitrogens with zero attached hydrogens (tertiary/aromatic N) is 2. The average Bonchev–Trinajstić information content (AvgIpc) is 2.63. The van der Waals surface area contributed by atoms with Crippen molar-refractivity contribution in [1.82, 2.24) is 9.78 Å². The highest BCUT2D eigenvalue weighted by atomic mass is 16.4. The van der Waals surface area contributed by atoms with Crippen LogP contribution in [0.1, 0.15) is 31.4 Å². The van der Waals surface area contributed by atoms with Gasteiger partial charge in [-0.15, -0.1) is 0 Å². The summed E-state index contributed by atoms with van der Waals surface area (Å²) < 4.78 is 1.64. The van der Waals surface area contributed by atoms with Crippen molar-refractivity contribution in [2.75, 3.05) is 0 Å². The molecular weight excluding hydrogens is 212 g/mol. The van der Waals surface area contributed by atoms with E-state index >= 15 is 0 Å². The van der Waals surface area contributed by atoms with Crippen LogP contribution in [0.2, 0.25) is 0 Å². The van der Waals surface area contributed by atoms with E-state index in [0.717, 1.165) is 0 Å². The number of carbonyl (C=O) groups is 2. The molecule has 0 atom stereocenters. The van der Waals surface area contributed by atoms with Crippen LogP contribution in [0.4, 0.5) is 0 Å². The quantitative estimate of drug-likeness (QED) is 0.752. The molecule has 0 unspecified atom stereocenters. The molecule has 1 aromatic rings. The number of aryl methyl sites for hydroxylation is 1. The second-order valence-corrected chi connectivity index (χ2v) is 3.49. The topological polar surface area (TPSA) is 92.4 Å². The summed E-state index contributed by atoms with van der Waals surface area (Å²) in [4.78, 5) is 21.2. The zero-order chi connectivity index (χ0) is 12.1. The molecule has 0 spiro atoms. The van der Waals surface area contributed by atoms with E-state index in [9.17, 15) is 9.59 Å². The van der Waals surface area contributed by atoms with Crippen LogP contribution < -0.4 is 0 Å². The molecule has 0 aliphatic rings. The number of rotatable bonds is 6. The van der Waals surface area contributed by atoms with Gasteiger partial charge in [-0.05, 0) is 13.0 Å². The molecule has 0 saturated carbocycles. The first-order chi connectivity index (χ1) is 7.52. The summed E-state index contributed by atoms with van der Waals surface area (Å²) in [5, 5.41) is 21.5. The van der Waals surface area contributed by atoms with Crippen molar-refractivity contribution in [3.8, 4) is 0 Å². The Morgan fingerprint density at radius 1 is 1.38 bits per heavy atom. The molecule has 88 valence electrons. The Morgan fingerprint density at radius 3 is 2.31 bits per heavy atom. The Labute approximate surface area is 92.5 Å². The van der Waals surface area contributed by atoms with E-state index in [1.807, 2.05) is 6.92 Å². The molecular formula is C10H14N2O4. The number of aliphatic carboxylic acids is 2. The van der Waals surface area contributed by atoms with Crippen molar-refractivity contribution in [2.45, 2.75) is 32.2 Å². The fraction of sp³-hybridized carbons (Fsp3) is 0.500. The Kier molecular flexibility index (Phi) is 4.04. The van der Waals surface area contributed by atoms with Gasteiger partial charge in [0.05, 0.1) is 18.5 Å². The second-order valence-electron chi connectivity index (χ2n) is 3.49. The maximum absolute atomic E-state index is 10.6. The van der Waals surface area contributed by atoms with Gasteiger partial charge in [-0.3, -0.25) is 14.3 Å². The molecule has 0 fully saturated rings. The maximum Gasteiger partial charge on any atom is 0.304 e. The van der Waals surface area contributed by atoms with E-state index in [1.54, 1.807) is 16.9 Å². The van der Waals surface area contributed by atoms with Crippen molar-refractivity contribution in [1.29, 1.82) is 0 Å². The molecule has 0 saturated heterocycles. The molecule has 0 bridgehead atoms. The third-order valence-corrected chi connectivity index (χ3v) is 2.25. The first-order valence-corrected chi connectivity index (χ1v) is 4.99. The summed E-state index contributed by atoms with van der Waals surface area (Å²) in [6.45, 7) is 2.58. The molecule has 0 aliphatic heterocycles. The minimum Gasteiger partial charge on any atom is -0.481 e. The van der Waals surface area contributed by atoms with Crippen molar-refractivity contribution in [3.63, 3.8) is 0 Å². The lowest BCUT2D eigenvalue weighted by Gasteiger charge is -2.08. The van der Waals surface area contributed by atoms with Gasteiger partial charge in [0, 0.05) is 18.7 Å². The van der Waals surface area contributed by atoms with Gasteiger partial charge in [0.25, 0.3) is 0 Å². The van der Waals surface area contributed by atoms with Crippen molar-refractivity contribution < 1.29 is 19.8 Å². The van der Waals surface area contributed by atoms with Gasteiger partial charge in [0.15, 0.2) is 0 Å². The summed E-state index contributed by atoms with van der Waals surface area (Å²) in [6.07, 6.45) is 1.28. The van der Waals surface area contributed by atoms with Gasteiger partial charge >= 0.3 is 11.9 Å². The Hall–Kier alpha value is -1.85. The third-order valence-electron chi connectivity index (χ3n) is 2.25. The molecule has 1 rings (SSSR count). The van der Waals surface area contributed by atoms with Crippen LogP contribution in [0.3, 0.4) is 0 Å². The van der Waals surface area contributed by atoms with Crippen LogP contribution in [0.25, 0.3) is 0 Å². The highest BCUT2D eigenvalue weighted by Gasteiger charge is 2.21. The SMILES string of the molecule is CCn1ccc(C(CC(=O)O)CC(=O)O)n1. The average molecular weight is 226 g/mol. The molecule has 16 heavy (non-hydrogen) atoms. The minimum atomic E-state index is -1.02. The molecule has 6 nitrogen and oxygen atoms in total. The van der Waals surface area contributed by atoms with E-state index < -0.39 is 17.9 Å². The van der Waals surface area contributed by atoms with Crippen LogP contribution in [0, 0.1) is 0 Å². The Morgan fingerprint density at radius 2 is 1.94 bits per heavy atom. The van der Waals surface area contributed by atoms with E-state index in [4.69, 9.17) is 10.2 Å². The van der Waals surface area contributed by atoms with E-state index in [2.05, 4.69) is 5.10 Å². The molecule has 0 amide bonds. The molecule has 1 aromatic heterocycles. The van der Waals surface area contributed by atoms with Crippen LogP contribution >= 0.6 is 0 Å². The summed E-state index contributed by atoms with van der Waals surface area (Å²) in [5.41, 5.74) is 0.520. The number of aromatic nitrogens is 2. The van der Waals surface area contributed by atoms with Crippen molar-refractivity contribution in [2.24, 2.45) is 0 Å². The Bertz CT molecular complexity index is 370. The highest BCUT2D eigenvalue weighted by Crippen LogP contribution is 2.21. The number of carboxylic acid groups (broad SMARTS) is 2. The van der Waals surface area contributed by atoms with Gasteiger partial charge in [-0.2, -0.15) is 5.10 Å². The summed E-state index contributed by atoms with van der Waals surface area (Å²) >= 11 is 0. The lowest BCUT2D eigenvalue weighted by atomic mass is 9.98. The fourth-order valence-electron chi connectivity index (χ4n) is 1.47. The summed E-state index contributed by atoms with van der Waals surface area (Å²) in [6, 6.07) is 1.67. The normalized spacial score (nSPS) is 10.6. The predicted octanol–water partition coefficient (Wildman–Crippen LogP) is 0.936. The van der Waals surface area contributed by atoms with Gasteiger partial charge in [0.1, 0.15) is 0 Å². The molecule has 0 radical (unpaired) electrons. The third kappa shape index (κ3) is 3.38. The standard InChI is InChI=1S/C10H14N2O4/c1-2-12-4-3-8(11-12)7(5-9(13)14)6-10(15)16/h3-4,7H,2,5-6H2,1H3,(H,13,14)(H,15,16). The predicted molar refractivity (Wildman–Crippen MR) is 55.1 cm³/mol. The van der Waals surface area contributed by atoms with Crippen molar-refractivity contribution >= 4 is 11.9 Å². The van der Waals surface area contributed by atoms with Crippen molar-refractivity contribution in [3.05, 3.63) is 18.0 Å². The largest absolute Gasteiger partial charge is 0.481 e. The lowest BCUT2D eigenvalue weighted by molar-refractivity contribution is -0.139. The van der Waals surface area contributed by atoms with E-state index in [1.165, 1.54) is 0 Å². The second kappa shape index (κ2) is 5.29. The number of hydrogen-bond donors (Lipinski definition) is 2. The van der Waals surface area contributed by atoms with Crippen LogP contribution in [0.15, 0.2) is 12.3 Å². The van der Waals surface area contributed by atoms with Crippen LogP contribution in [-0.2, 0) is 16.1 Å².